The molecule has 0 aromatic heterocycles. The Kier molecular flexibility index (Phi) is 10.0. The number of Topliss-reactive ketones (excluding diaryl/α,β-unsaturated/α-hetero) is 2. The van der Waals surface area contributed by atoms with Gasteiger partial charge in [0.05, 0.1) is 12.0 Å². The summed E-state index contributed by atoms with van der Waals surface area (Å²) >= 11 is 0. The van der Waals surface area contributed by atoms with Crippen molar-refractivity contribution in [1.29, 1.82) is 0 Å². The van der Waals surface area contributed by atoms with E-state index in [2.05, 4.69) is 0 Å². The average Bonchev–Trinajstić information content (AvgIpc) is 2.59. The Morgan fingerprint density at radius 2 is 1.27 bits per heavy atom. The number of ketones is 2. The molecular weight excluding hydrogens is 276 g/mol. The van der Waals surface area contributed by atoms with Gasteiger partial charge in [0.15, 0.2) is 11.6 Å². The molecule has 2 rings (SSSR count). The number of benzene rings is 2. The highest BCUT2D eigenvalue weighted by Gasteiger charge is 2.15. The van der Waals surface area contributed by atoms with Crippen molar-refractivity contribution in [2.24, 2.45) is 0 Å². The van der Waals surface area contributed by atoms with Gasteiger partial charge in [0.2, 0.25) is 0 Å². The average molecular weight is 300 g/mol. The fraction of sp³-hybridized carbons (Fsp3) is 0.263. The van der Waals surface area contributed by atoms with Gasteiger partial charge in [-0.15, -0.1) is 0 Å². The quantitative estimate of drug-likeness (QED) is 0.645. The summed E-state index contributed by atoms with van der Waals surface area (Å²) in [5.74, 6) is -0.714. The number of carbonyl (C=O) groups excluding carboxylic acids is 2. The van der Waals surface area contributed by atoms with Crippen molar-refractivity contribution in [2.75, 3.05) is 0 Å². The van der Waals surface area contributed by atoms with E-state index in [1.165, 1.54) is 12.1 Å². The van der Waals surface area contributed by atoms with Crippen molar-refractivity contribution in [2.45, 2.75) is 34.1 Å². The summed E-state index contributed by atoms with van der Waals surface area (Å²) in [4.78, 5) is 23.7. The van der Waals surface area contributed by atoms with Crippen LogP contribution in [0.3, 0.4) is 0 Å². The molecule has 0 radical (unpaired) electrons. The van der Waals surface area contributed by atoms with Crippen LogP contribution in [-0.2, 0) is 0 Å². The van der Waals surface area contributed by atoms with Crippen molar-refractivity contribution >= 4 is 11.6 Å². The highest BCUT2D eigenvalue weighted by molar-refractivity contribution is 6.14. The minimum absolute atomic E-state index is 0.0941. The van der Waals surface area contributed by atoms with E-state index < -0.39 is 0 Å². The summed E-state index contributed by atoms with van der Waals surface area (Å²) in [5, 5.41) is 9.53. The molecule has 3 nitrogen and oxygen atoms in total. The summed E-state index contributed by atoms with van der Waals surface area (Å²) in [6, 6.07) is 14.9. The number of hydrogen-bond acceptors (Lipinski definition) is 3. The fourth-order valence-electron chi connectivity index (χ4n) is 1.68. The number of carbonyl (C=O) groups is 2. The molecule has 118 valence electrons. The topological polar surface area (TPSA) is 54.4 Å². The second kappa shape index (κ2) is 11.3. The van der Waals surface area contributed by atoms with E-state index in [1.807, 2.05) is 33.8 Å². The highest BCUT2D eigenvalue weighted by atomic mass is 16.3. The lowest BCUT2D eigenvalue weighted by atomic mass is 10.0. The zero-order chi connectivity index (χ0) is 17.0. The van der Waals surface area contributed by atoms with E-state index >= 15 is 0 Å². The summed E-state index contributed by atoms with van der Waals surface area (Å²) in [7, 11) is 0. The Morgan fingerprint density at radius 1 is 0.773 bits per heavy atom. The smallest absolute Gasteiger partial charge is 0.174 e. The van der Waals surface area contributed by atoms with Crippen LogP contribution in [0.15, 0.2) is 54.6 Å². The number of phenolic OH excluding ortho intramolecular Hbond substituents is 1. The summed E-state index contributed by atoms with van der Waals surface area (Å²) in [6.07, 6.45) is -0.235. The fourth-order valence-corrected chi connectivity index (χ4v) is 1.68. The third-order valence-electron chi connectivity index (χ3n) is 2.62. The third-order valence-corrected chi connectivity index (χ3v) is 2.62. The van der Waals surface area contributed by atoms with E-state index in [0.29, 0.717) is 5.56 Å². The lowest BCUT2D eigenvalue weighted by Gasteiger charge is -2.03. The van der Waals surface area contributed by atoms with Crippen molar-refractivity contribution in [3.8, 4) is 5.75 Å². The van der Waals surface area contributed by atoms with Gasteiger partial charge < -0.3 is 5.11 Å². The molecule has 0 aliphatic heterocycles. The Hall–Kier alpha value is -2.42. The van der Waals surface area contributed by atoms with Crippen molar-refractivity contribution in [1.82, 2.24) is 0 Å². The third kappa shape index (κ3) is 5.92. The molecule has 0 spiro atoms. The molecule has 3 heteroatoms. The van der Waals surface area contributed by atoms with Crippen LogP contribution < -0.4 is 0 Å². The first-order chi connectivity index (χ1) is 10.7. The first kappa shape index (κ1) is 19.6. The van der Waals surface area contributed by atoms with Crippen molar-refractivity contribution < 1.29 is 14.7 Å². The Labute approximate surface area is 132 Å². The van der Waals surface area contributed by atoms with Crippen LogP contribution in [0.25, 0.3) is 0 Å². The molecule has 0 atom stereocenters. The monoisotopic (exact) mass is 300 g/mol. The molecule has 0 bridgehead atoms. The predicted molar refractivity (Wildman–Crippen MR) is 90.5 cm³/mol. The number of rotatable bonds is 4. The van der Waals surface area contributed by atoms with Gasteiger partial charge in [0.25, 0.3) is 0 Å². The van der Waals surface area contributed by atoms with Crippen LogP contribution in [0.1, 0.15) is 54.8 Å². The maximum Gasteiger partial charge on any atom is 0.174 e. The van der Waals surface area contributed by atoms with Gasteiger partial charge in [0.1, 0.15) is 5.75 Å². The van der Waals surface area contributed by atoms with Crippen LogP contribution >= 0.6 is 0 Å². The molecule has 0 aliphatic carbocycles. The Balaban J connectivity index is 0.00000102. The van der Waals surface area contributed by atoms with E-state index in [9.17, 15) is 14.7 Å². The molecule has 0 unspecified atom stereocenters. The molecule has 0 aliphatic rings. The van der Waals surface area contributed by atoms with E-state index in [-0.39, 0.29) is 29.3 Å². The van der Waals surface area contributed by atoms with Crippen LogP contribution in [0, 0.1) is 0 Å². The summed E-state index contributed by atoms with van der Waals surface area (Å²) in [5.41, 5.74) is 0.683. The van der Waals surface area contributed by atoms with Crippen LogP contribution in [0.4, 0.5) is 0 Å². The minimum atomic E-state index is -0.373. The van der Waals surface area contributed by atoms with Gasteiger partial charge >= 0.3 is 0 Å². The second-order valence-electron chi connectivity index (χ2n) is 3.91. The standard InChI is InChI=1S/C15H12O3.2C2H6/c16-13-9-5-4-8-12(13)15(18)10-14(17)11-6-2-1-3-7-11;2*1-2/h1-9,16H,10H2;2*1-2H3. The molecule has 0 saturated carbocycles. The number of para-hydroxylation sites is 1. The molecule has 0 fully saturated rings. The molecule has 22 heavy (non-hydrogen) atoms. The SMILES string of the molecule is CC.CC.O=C(CC(=O)c1ccccc1O)c1ccccc1. The molecule has 1 N–H and O–H groups in total. The molecule has 2 aromatic carbocycles. The highest BCUT2D eigenvalue weighted by Crippen LogP contribution is 2.18. The first-order valence-electron chi connectivity index (χ1n) is 7.58. The van der Waals surface area contributed by atoms with Gasteiger partial charge in [-0.3, -0.25) is 9.59 Å². The van der Waals surface area contributed by atoms with E-state index in [4.69, 9.17) is 0 Å². The zero-order valence-electron chi connectivity index (χ0n) is 13.7. The van der Waals surface area contributed by atoms with Crippen LogP contribution in [0.5, 0.6) is 5.75 Å². The first-order valence-corrected chi connectivity index (χ1v) is 7.58. The largest absolute Gasteiger partial charge is 0.507 e. The second-order valence-corrected chi connectivity index (χ2v) is 3.91. The van der Waals surface area contributed by atoms with E-state index in [1.54, 1.807) is 36.4 Å². The van der Waals surface area contributed by atoms with Gasteiger partial charge in [-0.25, -0.2) is 0 Å². The van der Waals surface area contributed by atoms with Crippen LogP contribution in [-0.4, -0.2) is 16.7 Å². The summed E-state index contributed by atoms with van der Waals surface area (Å²) < 4.78 is 0. The van der Waals surface area contributed by atoms with Crippen molar-refractivity contribution in [3.05, 3.63) is 65.7 Å². The molecule has 0 saturated heterocycles. The summed E-state index contributed by atoms with van der Waals surface area (Å²) in [6.45, 7) is 8.00. The molecular formula is C19H24O3. The molecule has 0 heterocycles. The van der Waals surface area contributed by atoms with Gasteiger partial charge in [-0.05, 0) is 12.1 Å². The van der Waals surface area contributed by atoms with Gasteiger partial charge in [-0.1, -0.05) is 70.2 Å². The molecule has 2 aromatic rings. The maximum atomic E-state index is 11.9. The van der Waals surface area contributed by atoms with Gasteiger partial charge in [-0.2, -0.15) is 0 Å². The van der Waals surface area contributed by atoms with Gasteiger partial charge in [0, 0.05) is 5.56 Å². The minimum Gasteiger partial charge on any atom is -0.507 e. The predicted octanol–water partition coefficient (Wildman–Crippen LogP) is 4.90. The lowest BCUT2D eigenvalue weighted by Crippen LogP contribution is -2.08. The Bertz CT molecular complexity index is 574. The Morgan fingerprint density at radius 3 is 1.82 bits per heavy atom. The van der Waals surface area contributed by atoms with E-state index in [0.717, 1.165) is 0 Å². The maximum absolute atomic E-state index is 11.9. The zero-order valence-corrected chi connectivity index (χ0v) is 13.7. The lowest BCUT2D eigenvalue weighted by molar-refractivity contribution is 0.0893. The normalized spacial score (nSPS) is 8.73. The number of aromatic hydroxyl groups is 1. The molecule has 0 amide bonds. The number of hydrogen-bond donors (Lipinski definition) is 1. The number of phenols is 1. The van der Waals surface area contributed by atoms with Crippen LogP contribution in [0.2, 0.25) is 0 Å². The van der Waals surface area contributed by atoms with Crippen molar-refractivity contribution in [3.63, 3.8) is 0 Å².